The van der Waals surface area contributed by atoms with Crippen molar-refractivity contribution in [3.05, 3.63) is 47.5 Å². The van der Waals surface area contributed by atoms with Crippen molar-refractivity contribution in [3.8, 4) is 5.75 Å². The highest BCUT2D eigenvalue weighted by molar-refractivity contribution is 5.28. The molecule has 2 aromatic rings. The Balaban J connectivity index is 1.75. The third-order valence-corrected chi connectivity index (χ3v) is 4.10. The van der Waals surface area contributed by atoms with Gasteiger partial charge in [-0.05, 0) is 24.1 Å². The van der Waals surface area contributed by atoms with Crippen molar-refractivity contribution in [2.75, 3.05) is 20.8 Å². The van der Waals surface area contributed by atoms with Gasteiger partial charge >= 0.3 is 0 Å². The molecule has 5 heteroatoms. The summed E-state index contributed by atoms with van der Waals surface area (Å²) in [5.74, 6) is 0.914. The minimum atomic E-state index is 0.579. The van der Waals surface area contributed by atoms with Gasteiger partial charge < -0.3 is 14.0 Å². The molecule has 1 aromatic carbocycles. The second-order valence-corrected chi connectivity index (χ2v) is 5.68. The summed E-state index contributed by atoms with van der Waals surface area (Å²) in [7, 11) is 3.43. The van der Waals surface area contributed by atoms with Crippen LogP contribution in [0.3, 0.4) is 0 Å². The van der Waals surface area contributed by atoms with Crippen LogP contribution < -0.4 is 4.74 Å². The number of nitrogens with zero attached hydrogens (tertiary/aromatic N) is 3. The van der Waals surface area contributed by atoms with E-state index in [1.807, 2.05) is 18.5 Å². The quantitative estimate of drug-likeness (QED) is 0.850. The zero-order valence-electron chi connectivity index (χ0n) is 13.3. The average molecular weight is 301 g/mol. The van der Waals surface area contributed by atoms with Crippen LogP contribution in [0, 0.1) is 0 Å². The van der Waals surface area contributed by atoms with E-state index in [4.69, 9.17) is 9.47 Å². The number of methoxy groups -OCH3 is 2. The minimum absolute atomic E-state index is 0.579. The van der Waals surface area contributed by atoms with Crippen molar-refractivity contribution >= 4 is 0 Å². The first-order valence-corrected chi connectivity index (χ1v) is 7.67. The fourth-order valence-corrected chi connectivity index (χ4v) is 3.00. The molecule has 0 radical (unpaired) electrons. The molecule has 0 unspecified atom stereocenters. The first-order chi connectivity index (χ1) is 10.8. The lowest BCUT2D eigenvalue weighted by atomic mass is 10.2. The van der Waals surface area contributed by atoms with E-state index in [-0.39, 0.29) is 0 Å². The molecule has 5 nitrogen and oxygen atoms in total. The molecule has 0 bridgehead atoms. The number of rotatable bonds is 5. The van der Waals surface area contributed by atoms with E-state index in [2.05, 4.69) is 26.6 Å². The highest BCUT2D eigenvalue weighted by atomic mass is 16.5. The fourth-order valence-electron chi connectivity index (χ4n) is 3.00. The van der Waals surface area contributed by atoms with Gasteiger partial charge in [0.2, 0.25) is 0 Å². The highest BCUT2D eigenvalue weighted by Gasteiger charge is 2.18. The lowest BCUT2D eigenvalue weighted by Crippen LogP contribution is -2.23. The molecular formula is C17H23N3O2. The van der Waals surface area contributed by atoms with Crippen LogP contribution in [0.25, 0.3) is 0 Å². The first kappa shape index (κ1) is 15.1. The Kier molecular flexibility index (Phi) is 4.75. The Hall–Kier alpha value is -1.85. The Morgan fingerprint density at radius 2 is 2.14 bits per heavy atom. The third-order valence-electron chi connectivity index (χ3n) is 4.10. The first-order valence-electron chi connectivity index (χ1n) is 7.67. The average Bonchev–Trinajstić information content (AvgIpc) is 2.79. The maximum Gasteiger partial charge on any atom is 0.119 e. The van der Waals surface area contributed by atoms with E-state index < -0.39 is 0 Å². The molecule has 0 amide bonds. The van der Waals surface area contributed by atoms with Crippen LogP contribution in [0.5, 0.6) is 5.75 Å². The smallest absolute Gasteiger partial charge is 0.119 e. The largest absolute Gasteiger partial charge is 0.497 e. The highest BCUT2D eigenvalue weighted by Crippen LogP contribution is 2.20. The minimum Gasteiger partial charge on any atom is -0.497 e. The lowest BCUT2D eigenvalue weighted by Gasteiger charge is -2.20. The van der Waals surface area contributed by atoms with Crippen LogP contribution in [0.2, 0.25) is 0 Å². The van der Waals surface area contributed by atoms with Crippen LogP contribution in [-0.2, 0) is 31.0 Å². The maximum absolute atomic E-state index is 5.31. The number of aryl methyl sites for hydroxylation is 1. The SMILES string of the molecule is COCc1ncn2c1CN(Cc1cccc(OC)c1)CCC2. The van der Waals surface area contributed by atoms with E-state index in [9.17, 15) is 0 Å². The Bertz CT molecular complexity index is 624. The zero-order valence-corrected chi connectivity index (χ0v) is 13.3. The normalized spacial score (nSPS) is 15.4. The number of hydrogen-bond donors (Lipinski definition) is 0. The van der Waals surface area contributed by atoms with Gasteiger partial charge in [0.15, 0.2) is 0 Å². The Morgan fingerprint density at radius 3 is 2.95 bits per heavy atom. The number of fused-ring (bicyclic) bond motifs is 1. The summed E-state index contributed by atoms with van der Waals surface area (Å²) >= 11 is 0. The van der Waals surface area contributed by atoms with Gasteiger partial charge in [-0.3, -0.25) is 4.90 Å². The van der Waals surface area contributed by atoms with Crippen molar-refractivity contribution in [2.24, 2.45) is 0 Å². The number of benzene rings is 1. The third kappa shape index (κ3) is 3.31. The van der Waals surface area contributed by atoms with Crippen molar-refractivity contribution in [1.29, 1.82) is 0 Å². The molecule has 1 aliphatic rings. The summed E-state index contributed by atoms with van der Waals surface area (Å²) in [6, 6.07) is 8.29. The molecular weight excluding hydrogens is 278 g/mol. The summed E-state index contributed by atoms with van der Waals surface area (Å²) in [6.45, 7) is 4.53. The summed E-state index contributed by atoms with van der Waals surface area (Å²) in [5, 5.41) is 0. The predicted molar refractivity (Wildman–Crippen MR) is 84.7 cm³/mol. The lowest BCUT2D eigenvalue weighted by molar-refractivity contribution is 0.179. The molecule has 118 valence electrons. The second-order valence-electron chi connectivity index (χ2n) is 5.68. The Labute approximate surface area is 131 Å². The van der Waals surface area contributed by atoms with Crippen LogP contribution in [-0.4, -0.2) is 35.2 Å². The molecule has 2 heterocycles. The molecule has 0 spiro atoms. The molecule has 0 aliphatic carbocycles. The number of imidazole rings is 1. The van der Waals surface area contributed by atoms with Gasteiger partial charge in [0, 0.05) is 33.3 Å². The van der Waals surface area contributed by atoms with Gasteiger partial charge in [-0.1, -0.05) is 12.1 Å². The summed E-state index contributed by atoms with van der Waals surface area (Å²) in [5.41, 5.74) is 3.61. The van der Waals surface area contributed by atoms with Gasteiger partial charge in [-0.25, -0.2) is 4.98 Å². The van der Waals surface area contributed by atoms with Gasteiger partial charge in [0.25, 0.3) is 0 Å². The van der Waals surface area contributed by atoms with E-state index in [0.29, 0.717) is 6.61 Å². The number of ether oxygens (including phenoxy) is 2. The van der Waals surface area contributed by atoms with Gasteiger partial charge in [0.1, 0.15) is 5.75 Å². The number of aromatic nitrogens is 2. The molecule has 22 heavy (non-hydrogen) atoms. The molecule has 0 atom stereocenters. The molecule has 1 aliphatic heterocycles. The van der Waals surface area contributed by atoms with Gasteiger partial charge in [0.05, 0.1) is 31.4 Å². The van der Waals surface area contributed by atoms with Crippen molar-refractivity contribution < 1.29 is 9.47 Å². The number of hydrogen-bond acceptors (Lipinski definition) is 4. The topological polar surface area (TPSA) is 39.5 Å². The molecule has 0 saturated carbocycles. The summed E-state index contributed by atoms with van der Waals surface area (Å²) in [4.78, 5) is 6.96. The summed E-state index contributed by atoms with van der Waals surface area (Å²) < 4.78 is 12.8. The van der Waals surface area contributed by atoms with E-state index >= 15 is 0 Å². The maximum atomic E-state index is 5.31. The zero-order chi connectivity index (χ0) is 15.4. The van der Waals surface area contributed by atoms with Crippen LogP contribution in [0.1, 0.15) is 23.4 Å². The monoisotopic (exact) mass is 301 g/mol. The van der Waals surface area contributed by atoms with E-state index in [1.54, 1.807) is 14.2 Å². The van der Waals surface area contributed by atoms with Crippen LogP contribution in [0.15, 0.2) is 30.6 Å². The Morgan fingerprint density at radius 1 is 1.23 bits per heavy atom. The fraction of sp³-hybridized carbons (Fsp3) is 0.471. The van der Waals surface area contributed by atoms with Gasteiger partial charge in [-0.15, -0.1) is 0 Å². The van der Waals surface area contributed by atoms with Crippen LogP contribution >= 0.6 is 0 Å². The molecule has 3 rings (SSSR count). The van der Waals surface area contributed by atoms with E-state index in [1.165, 1.54) is 11.3 Å². The van der Waals surface area contributed by atoms with Crippen molar-refractivity contribution in [1.82, 2.24) is 14.5 Å². The summed E-state index contributed by atoms with van der Waals surface area (Å²) in [6.07, 6.45) is 3.08. The van der Waals surface area contributed by atoms with Crippen molar-refractivity contribution in [2.45, 2.75) is 32.7 Å². The standard InChI is InChI=1S/C17H23N3O2/c1-21-12-16-17-11-19(7-4-8-20(17)13-18-16)10-14-5-3-6-15(9-14)22-2/h3,5-6,9,13H,4,7-8,10-12H2,1-2H3. The molecule has 0 saturated heterocycles. The van der Waals surface area contributed by atoms with Crippen LogP contribution in [0.4, 0.5) is 0 Å². The predicted octanol–water partition coefficient (Wildman–Crippen LogP) is 2.44. The van der Waals surface area contributed by atoms with Crippen molar-refractivity contribution in [3.63, 3.8) is 0 Å². The molecule has 0 fully saturated rings. The second kappa shape index (κ2) is 6.94. The molecule has 0 N–H and O–H groups in total. The van der Waals surface area contributed by atoms with Gasteiger partial charge in [-0.2, -0.15) is 0 Å². The molecule has 1 aromatic heterocycles. The van der Waals surface area contributed by atoms with E-state index in [0.717, 1.165) is 44.0 Å².